The lowest BCUT2D eigenvalue weighted by Crippen LogP contribution is -2.15. The summed E-state index contributed by atoms with van der Waals surface area (Å²) in [6.45, 7) is 2.55. The first kappa shape index (κ1) is 24.3. The molecule has 3 aromatic carbocycles. The molecule has 0 bridgehead atoms. The molecule has 0 spiro atoms. The van der Waals surface area contributed by atoms with Crippen molar-refractivity contribution in [3.8, 4) is 5.75 Å². The number of amides is 1. The van der Waals surface area contributed by atoms with E-state index in [1.807, 2.05) is 61.0 Å². The zero-order valence-corrected chi connectivity index (χ0v) is 20.4. The molecule has 0 saturated carbocycles. The fourth-order valence-electron chi connectivity index (χ4n) is 3.39. The van der Waals surface area contributed by atoms with Gasteiger partial charge in [-0.15, -0.1) is 10.2 Å². The van der Waals surface area contributed by atoms with Gasteiger partial charge in [-0.3, -0.25) is 4.79 Å². The van der Waals surface area contributed by atoms with E-state index in [1.54, 1.807) is 24.3 Å². The highest BCUT2D eigenvalue weighted by molar-refractivity contribution is 7.99. The van der Waals surface area contributed by atoms with Crippen LogP contribution in [0.15, 0.2) is 71.9 Å². The molecular weight excluding hydrogens is 464 g/mol. The van der Waals surface area contributed by atoms with Crippen LogP contribution >= 0.6 is 11.8 Å². The van der Waals surface area contributed by atoms with E-state index in [4.69, 9.17) is 9.47 Å². The number of rotatable bonds is 10. The molecule has 1 heterocycles. The van der Waals surface area contributed by atoms with Crippen molar-refractivity contribution < 1.29 is 19.1 Å². The SMILES string of the molecule is CCCOC(=O)c1cccc(NC(=O)CSc2nnc(COc3cccc4ccccc34)n2C)c1. The molecular formula is C26H26N4O4S. The summed E-state index contributed by atoms with van der Waals surface area (Å²) >= 11 is 1.27. The second-order valence-electron chi connectivity index (χ2n) is 7.78. The number of nitrogens with one attached hydrogen (secondary N) is 1. The Bertz CT molecular complexity index is 1330. The third-order valence-corrected chi connectivity index (χ3v) is 6.20. The Morgan fingerprint density at radius 1 is 1.03 bits per heavy atom. The number of ether oxygens (including phenoxy) is 2. The number of fused-ring (bicyclic) bond motifs is 1. The molecule has 0 saturated heterocycles. The van der Waals surface area contributed by atoms with Crippen LogP contribution < -0.4 is 10.1 Å². The van der Waals surface area contributed by atoms with Crippen LogP contribution in [0.3, 0.4) is 0 Å². The van der Waals surface area contributed by atoms with Gasteiger partial charge in [-0.05, 0) is 36.1 Å². The van der Waals surface area contributed by atoms with E-state index < -0.39 is 5.97 Å². The average Bonchev–Trinajstić information content (AvgIpc) is 3.23. The maximum Gasteiger partial charge on any atom is 0.338 e. The van der Waals surface area contributed by atoms with Gasteiger partial charge in [-0.2, -0.15) is 0 Å². The van der Waals surface area contributed by atoms with E-state index in [1.165, 1.54) is 11.8 Å². The molecule has 0 atom stereocenters. The number of benzene rings is 3. The van der Waals surface area contributed by atoms with Gasteiger partial charge in [-0.25, -0.2) is 4.79 Å². The van der Waals surface area contributed by atoms with Crippen molar-refractivity contribution in [2.75, 3.05) is 17.7 Å². The standard InChI is InChI=1S/C26H26N4O4S/c1-3-14-33-25(32)19-10-6-11-20(15-19)27-24(31)17-35-26-29-28-23(30(26)2)16-34-22-13-7-9-18-8-4-5-12-21(18)22/h4-13,15H,3,14,16-17H2,1-2H3,(H,27,31). The summed E-state index contributed by atoms with van der Waals surface area (Å²) in [7, 11) is 1.84. The zero-order chi connectivity index (χ0) is 24.6. The highest BCUT2D eigenvalue weighted by Crippen LogP contribution is 2.26. The number of hydrogen-bond donors (Lipinski definition) is 1. The van der Waals surface area contributed by atoms with Crippen molar-refractivity contribution in [3.05, 3.63) is 78.1 Å². The van der Waals surface area contributed by atoms with Crippen molar-refractivity contribution in [2.24, 2.45) is 7.05 Å². The maximum absolute atomic E-state index is 12.5. The van der Waals surface area contributed by atoms with E-state index in [0.29, 0.717) is 28.8 Å². The van der Waals surface area contributed by atoms with Gasteiger partial charge in [0.1, 0.15) is 12.4 Å². The fraction of sp³-hybridized carbons (Fsp3) is 0.231. The minimum atomic E-state index is -0.408. The van der Waals surface area contributed by atoms with Crippen LogP contribution in [0.2, 0.25) is 0 Å². The van der Waals surface area contributed by atoms with E-state index in [-0.39, 0.29) is 18.3 Å². The molecule has 1 aromatic heterocycles. The summed E-state index contributed by atoms with van der Waals surface area (Å²) in [5.74, 6) is 0.945. The van der Waals surface area contributed by atoms with Gasteiger partial charge in [0.05, 0.1) is 17.9 Å². The van der Waals surface area contributed by atoms with Gasteiger partial charge in [-0.1, -0.05) is 61.2 Å². The molecule has 8 nitrogen and oxygen atoms in total. The quantitative estimate of drug-likeness (QED) is 0.251. The summed E-state index contributed by atoms with van der Waals surface area (Å²) < 4.78 is 13.0. The topological polar surface area (TPSA) is 95.3 Å². The third kappa shape index (κ3) is 6.19. The Morgan fingerprint density at radius 2 is 1.83 bits per heavy atom. The number of carbonyl (C=O) groups is 2. The molecule has 0 aliphatic heterocycles. The fourth-order valence-corrected chi connectivity index (χ4v) is 4.12. The van der Waals surface area contributed by atoms with Crippen LogP contribution in [0.25, 0.3) is 10.8 Å². The number of esters is 1. The van der Waals surface area contributed by atoms with Crippen LogP contribution in [0, 0.1) is 0 Å². The number of aromatic nitrogens is 3. The third-order valence-electron chi connectivity index (χ3n) is 5.18. The van der Waals surface area contributed by atoms with Crippen LogP contribution in [-0.2, 0) is 23.2 Å². The number of carbonyl (C=O) groups excluding carboxylic acids is 2. The molecule has 9 heteroatoms. The minimum absolute atomic E-state index is 0.140. The van der Waals surface area contributed by atoms with Gasteiger partial charge in [0, 0.05) is 18.1 Å². The lowest BCUT2D eigenvalue weighted by molar-refractivity contribution is -0.113. The Hall–Kier alpha value is -3.85. The number of thioether (sulfide) groups is 1. The minimum Gasteiger partial charge on any atom is -0.485 e. The van der Waals surface area contributed by atoms with Gasteiger partial charge in [0.15, 0.2) is 11.0 Å². The summed E-state index contributed by atoms with van der Waals surface area (Å²) in [6.07, 6.45) is 0.748. The number of hydrogen-bond acceptors (Lipinski definition) is 7. The van der Waals surface area contributed by atoms with E-state index >= 15 is 0 Å². The van der Waals surface area contributed by atoms with Crippen LogP contribution in [0.5, 0.6) is 5.75 Å². The second kappa shape index (κ2) is 11.5. The average molecular weight is 491 g/mol. The highest BCUT2D eigenvalue weighted by Gasteiger charge is 2.14. The van der Waals surface area contributed by atoms with Crippen molar-refractivity contribution >= 4 is 40.1 Å². The molecule has 0 fully saturated rings. The van der Waals surface area contributed by atoms with E-state index in [0.717, 1.165) is 22.9 Å². The molecule has 35 heavy (non-hydrogen) atoms. The van der Waals surface area contributed by atoms with Gasteiger partial charge >= 0.3 is 5.97 Å². The molecule has 0 unspecified atom stereocenters. The molecule has 1 N–H and O–H groups in total. The molecule has 4 aromatic rings. The first-order chi connectivity index (χ1) is 17.0. The Morgan fingerprint density at radius 3 is 2.69 bits per heavy atom. The molecule has 0 aliphatic rings. The number of anilines is 1. The Kier molecular flexibility index (Phi) is 7.99. The predicted molar refractivity (Wildman–Crippen MR) is 136 cm³/mol. The summed E-state index contributed by atoms with van der Waals surface area (Å²) in [5.41, 5.74) is 0.928. The largest absolute Gasteiger partial charge is 0.485 e. The van der Waals surface area contributed by atoms with Crippen LogP contribution in [0.1, 0.15) is 29.5 Å². The Labute approximate surface area is 207 Å². The maximum atomic E-state index is 12.5. The smallest absolute Gasteiger partial charge is 0.338 e. The zero-order valence-electron chi connectivity index (χ0n) is 19.6. The van der Waals surface area contributed by atoms with Crippen molar-refractivity contribution in [1.82, 2.24) is 14.8 Å². The predicted octanol–water partition coefficient (Wildman–Crippen LogP) is 4.84. The first-order valence-electron chi connectivity index (χ1n) is 11.2. The molecule has 4 rings (SSSR count). The summed E-state index contributed by atoms with van der Waals surface area (Å²) in [6, 6.07) is 20.6. The molecule has 180 valence electrons. The van der Waals surface area contributed by atoms with E-state index in [2.05, 4.69) is 15.5 Å². The lowest BCUT2D eigenvalue weighted by Gasteiger charge is -2.09. The van der Waals surface area contributed by atoms with Crippen molar-refractivity contribution in [2.45, 2.75) is 25.1 Å². The van der Waals surface area contributed by atoms with Gasteiger partial charge < -0.3 is 19.4 Å². The van der Waals surface area contributed by atoms with E-state index in [9.17, 15) is 9.59 Å². The van der Waals surface area contributed by atoms with Gasteiger partial charge in [0.2, 0.25) is 5.91 Å². The van der Waals surface area contributed by atoms with Gasteiger partial charge in [0.25, 0.3) is 0 Å². The van der Waals surface area contributed by atoms with Crippen LogP contribution in [-0.4, -0.2) is 39.0 Å². The molecule has 0 radical (unpaired) electrons. The second-order valence-corrected chi connectivity index (χ2v) is 8.72. The summed E-state index contributed by atoms with van der Waals surface area (Å²) in [5, 5.41) is 13.9. The number of nitrogens with zero attached hydrogens (tertiary/aromatic N) is 3. The van der Waals surface area contributed by atoms with Crippen molar-refractivity contribution in [1.29, 1.82) is 0 Å². The normalized spacial score (nSPS) is 10.8. The van der Waals surface area contributed by atoms with Crippen LogP contribution in [0.4, 0.5) is 5.69 Å². The van der Waals surface area contributed by atoms with Crippen molar-refractivity contribution in [3.63, 3.8) is 0 Å². The first-order valence-corrected chi connectivity index (χ1v) is 12.2. The summed E-state index contributed by atoms with van der Waals surface area (Å²) in [4.78, 5) is 24.5. The Balaban J connectivity index is 1.32. The molecule has 1 amide bonds. The monoisotopic (exact) mass is 490 g/mol. The molecule has 0 aliphatic carbocycles. The lowest BCUT2D eigenvalue weighted by atomic mass is 10.1. The highest BCUT2D eigenvalue weighted by atomic mass is 32.2.